The molecule has 0 aliphatic carbocycles. The molecule has 0 radical (unpaired) electrons. The number of thiophene rings is 1. The van der Waals surface area contributed by atoms with E-state index in [1.54, 1.807) is 11.3 Å². The van der Waals surface area contributed by atoms with Crippen LogP contribution in [0.2, 0.25) is 4.34 Å². The Morgan fingerprint density at radius 2 is 1.90 bits per heavy atom. The molecule has 4 heteroatoms. The Balaban J connectivity index is 2.32. The van der Waals surface area contributed by atoms with Gasteiger partial charge in [-0.05, 0) is 28.7 Å². The predicted octanol–water partition coefficient (Wildman–Crippen LogP) is 4.45. The van der Waals surface area contributed by atoms with Crippen LogP contribution >= 0.6 is 22.9 Å². The van der Waals surface area contributed by atoms with Gasteiger partial charge in [-0.25, -0.2) is 0 Å². The predicted molar refractivity (Wildman–Crippen MR) is 88.2 cm³/mol. The van der Waals surface area contributed by atoms with E-state index in [1.807, 2.05) is 6.07 Å². The van der Waals surface area contributed by atoms with Crippen molar-refractivity contribution in [1.82, 2.24) is 5.43 Å². The van der Waals surface area contributed by atoms with Crippen LogP contribution in [0.15, 0.2) is 36.4 Å². The second-order valence-corrected chi connectivity index (χ2v) is 7.77. The third kappa shape index (κ3) is 3.61. The molecule has 1 aromatic carbocycles. The SMILES string of the molecule is CC(C)(C)c1ccccc1C(Cc1ccc(Cl)s1)NN. The fourth-order valence-electron chi connectivity index (χ4n) is 2.41. The van der Waals surface area contributed by atoms with E-state index < -0.39 is 0 Å². The number of hydrogen-bond acceptors (Lipinski definition) is 3. The summed E-state index contributed by atoms with van der Waals surface area (Å²) in [5.41, 5.74) is 5.63. The average Bonchev–Trinajstić information content (AvgIpc) is 2.80. The van der Waals surface area contributed by atoms with Gasteiger partial charge in [0.05, 0.1) is 10.4 Å². The number of nitrogens with two attached hydrogens (primary N) is 1. The van der Waals surface area contributed by atoms with E-state index in [1.165, 1.54) is 16.0 Å². The summed E-state index contributed by atoms with van der Waals surface area (Å²) in [5, 5.41) is 0. The highest BCUT2D eigenvalue weighted by Crippen LogP contribution is 2.32. The van der Waals surface area contributed by atoms with Crippen molar-refractivity contribution in [3.05, 3.63) is 56.7 Å². The minimum atomic E-state index is 0.0960. The lowest BCUT2D eigenvalue weighted by molar-refractivity contribution is 0.520. The Hall–Kier alpha value is -0.870. The van der Waals surface area contributed by atoms with Crippen LogP contribution in [0, 0.1) is 0 Å². The molecule has 1 unspecified atom stereocenters. The zero-order chi connectivity index (χ0) is 14.8. The third-order valence-corrected chi connectivity index (χ3v) is 4.63. The highest BCUT2D eigenvalue weighted by molar-refractivity contribution is 7.16. The highest BCUT2D eigenvalue weighted by Gasteiger charge is 2.22. The maximum Gasteiger partial charge on any atom is 0.0931 e. The molecule has 0 saturated carbocycles. The summed E-state index contributed by atoms with van der Waals surface area (Å²) in [6.07, 6.45) is 0.848. The second-order valence-electron chi connectivity index (χ2n) is 5.97. The monoisotopic (exact) mass is 308 g/mol. The lowest BCUT2D eigenvalue weighted by Crippen LogP contribution is -2.31. The Labute approximate surface area is 129 Å². The first-order valence-corrected chi connectivity index (χ1v) is 7.91. The van der Waals surface area contributed by atoms with E-state index in [4.69, 9.17) is 17.4 Å². The van der Waals surface area contributed by atoms with E-state index in [2.05, 4.69) is 56.5 Å². The number of hydrogen-bond donors (Lipinski definition) is 2. The first kappa shape index (κ1) is 15.5. The standard InChI is InChI=1S/C16H21ClN2S/c1-16(2,3)13-7-5-4-6-12(13)14(19-18)10-11-8-9-15(17)20-11/h4-9,14,19H,10,18H2,1-3H3. The van der Waals surface area contributed by atoms with Gasteiger partial charge in [0.1, 0.15) is 0 Å². The Bertz CT molecular complexity index is 572. The fourth-order valence-corrected chi connectivity index (χ4v) is 3.54. The van der Waals surface area contributed by atoms with Gasteiger partial charge in [-0.1, -0.05) is 56.6 Å². The molecule has 3 N–H and O–H groups in total. The van der Waals surface area contributed by atoms with E-state index in [0.717, 1.165) is 10.8 Å². The van der Waals surface area contributed by atoms with Crippen LogP contribution in [-0.4, -0.2) is 0 Å². The molecule has 0 amide bonds. The van der Waals surface area contributed by atoms with Crippen LogP contribution in [-0.2, 0) is 11.8 Å². The van der Waals surface area contributed by atoms with Gasteiger partial charge < -0.3 is 0 Å². The van der Waals surface area contributed by atoms with Crippen molar-refractivity contribution in [2.24, 2.45) is 5.84 Å². The number of nitrogens with one attached hydrogen (secondary N) is 1. The molecule has 2 aromatic rings. The summed E-state index contributed by atoms with van der Waals surface area (Å²) in [4.78, 5) is 1.24. The van der Waals surface area contributed by atoms with Gasteiger partial charge in [-0.15, -0.1) is 11.3 Å². The molecule has 0 saturated heterocycles. The number of hydrazine groups is 1. The molecule has 2 rings (SSSR count). The van der Waals surface area contributed by atoms with Crippen molar-refractivity contribution in [3.8, 4) is 0 Å². The normalized spacial score (nSPS) is 13.4. The summed E-state index contributed by atoms with van der Waals surface area (Å²) < 4.78 is 0.819. The Kier molecular flexibility index (Phi) is 4.86. The zero-order valence-electron chi connectivity index (χ0n) is 12.1. The number of halogens is 1. The fraction of sp³-hybridized carbons (Fsp3) is 0.375. The molecule has 1 atom stereocenters. The van der Waals surface area contributed by atoms with E-state index in [9.17, 15) is 0 Å². The van der Waals surface area contributed by atoms with Gasteiger partial charge in [-0.3, -0.25) is 11.3 Å². The second kappa shape index (κ2) is 6.27. The lowest BCUT2D eigenvalue weighted by Gasteiger charge is -2.27. The first-order valence-electron chi connectivity index (χ1n) is 6.71. The highest BCUT2D eigenvalue weighted by atomic mass is 35.5. The molecule has 0 aliphatic rings. The van der Waals surface area contributed by atoms with Crippen LogP contribution in [0.5, 0.6) is 0 Å². The minimum absolute atomic E-state index is 0.0960. The summed E-state index contributed by atoms with van der Waals surface area (Å²) in [6.45, 7) is 6.67. The Morgan fingerprint density at radius 1 is 1.20 bits per heavy atom. The van der Waals surface area contributed by atoms with Crippen molar-refractivity contribution in [2.75, 3.05) is 0 Å². The summed E-state index contributed by atoms with van der Waals surface area (Å²) in [7, 11) is 0. The molecular weight excluding hydrogens is 288 g/mol. The molecule has 0 fully saturated rings. The first-order chi connectivity index (χ1) is 9.41. The third-order valence-electron chi connectivity index (χ3n) is 3.38. The molecule has 0 bridgehead atoms. The van der Waals surface area contributed by atoms with Gasteiger partial charge in [0.15, 0.2) is 0 Å². The molecule has 20 heavy (non-hydrogen) atoms. The van der Waals surface area contributed by atoms with Crippen LogP contribution in [0.3, 0.4) is 0 Å². The lowest BCUT2D eigenvalue weighted by atomic mass is 9.81. The minimum Gasteiger partial charge on any atom is -0.271 e. The maximum absolute atomic E-state index is 6.00. The molecule has 1 aromatic heterocycles. The largest absolute Gasteiger partial charge is 0.271 e. The van der Waals surface area contributed by atoms with Crippen LogP contribution in [0.4, 0.5) is 0 Å². The number of benzene rings is 1. The van der Waals surface area contributed by atoms with Crippen molar-refractivity contribution >= 4 is 22.9 Å². The molecule has 0 aliphatic heterocycles. The van der Waals surface area contributed by atoms with E-state index >= 15 is 0 Å². The summed E-state index contributed by atoms with van der Waals surface area (Å²) in [5.74, 6) is 5.79. The van der Waals surface area contributed by atoms with Crippen molar-refractivity contribution in [2.45, 2.75) is 38.6 Å². The van der Waals surface area contributed by atoms with Crippen LogP contribution < -0.4 is 11.3 Å². The molecule has 108 valence electrons. The maximum atomic E-state index is 6.00. The zero-order valence-corrected chi connectivity index (χ0v) is 13.7. The molecular formula is C16H21ClN2S. The van der Waals surface area contributed by atoms with Gasteiger partial charge in [-0.2, -0.15) is 0 Å². The summed E-state index contributed by atoms with van der Waals surface area (Å²) >= 11 is 7.61. The van der Waals surface area contributed by atoms with Gasteiger partial charge >= 0.3 is 0 Å². The van der Waals surface area contributed by atoms with Gasteiger partial charge in [0.25, 0.3) is 0 Å². The Morgan fingerprint density at radius 3 is 2.45 bits per heavy atom. The number of rotatable bonds is 4. The van der Waals surface area contributed by atoms with Crippen molar-refractivity contribution in [3.63, 3.8) is 0 Å². The van der Waals surface area contributed by atoms with Gasteiger partial charge in [0.2, 0.25) is 0 Å². The van der Waals surface area contributed by atoms with E-state index in [0.29, 0.717) is 0 Å². The topological polar surface area (TPSA) is 38.0 Å². The quantitative estimate of drug-likeness (QED) is 0.647. The average molecular weight is 309 g/mol. The van der Waals surface area contributed by atoms with E-state index in [-0.39, 0.29) is 11.5 Å². The van der Waals surface area contributed by atoms with Crippen molar-refractivity contribution in [1.29, 1.82) is 0 Å². The van der Waals surface area contributed by atoms with Crippen molar-refractivity contribution < 1.29 is 0 Å². The summed E-state index contributed by atoms with van der Waals surface area (Å²) in [6, 6.07) is 12.6. The molecule has 1 heterocycles. The van der Waals surface area contributed by atoms with Crippen LogP contribution in [0.25, 0.3) is 0 Å². The van der Waals surface area contributed by atoms with Gasteiger partial charge in [0, 0.05) is 11.3 Å². The smallest absolute Gasteiger partial charge is 0.0931 e. The molecule has 0 spiro atoms. The molecule has 2 nitrogen and oxygen atoms in total. The van der Waals surface area contributed by atoms with Crippen LogP contribution in [0.1, 0.15) is 42.8 Å².